The van der Waals surface area contributed by atoms with E-state index in [-0.39, 0.29) is 18.4 Å². The van der Waals surface area contributed by atoms with Gasteiger partial charge in [-0.15, -0.1) is 0 Å². The number of rotatable bonds is 5. The van der Waals surface area contributed by atoms with Crippen LogP contribution < -0.4 is 0 Å². The van der Waals surface area contributed by atoms with E-state index in [0.29, 0.717) is 6.42 Å². The third-order valence-electron chi connectivity index (χ3n) is 3.98. The van der Waals surface area contributed by atoms with Crippen molar-refractivity contribution in [2.45, 2.75) is 38.1 Å². The molecule has 1 unspecified atom stereocenters. The lowest BCUT2D eigenvalue weighted by atomic mass is 10.1. The second-order valence-electron chi connectivity index (χ2n) is 5.41. The molecule has 0 spiro atoms. The molecular formula is C16H22BrNO2. The summed E-state index contributed by atoms with van der Waals surface area (Å²) in [6.45, 7) is 1.94. The van der Waals surface area contributed by atoms with Gasteiger partial charge in [-0.3, -0.25) is 9.69 Å². The van der Waals surface area contributed by atoms with Gasteiger partial charge in [-0.2, -0.15) is 0 Å². The van der Waals surface area contributed by atoms with Crippen molar-refractivity contribution in [3.05, 3.63) is 34.3 Å². The Hall–Kier alpha value is -0.710. The molecule has 1 saturated heterocycles. The summed E-state index contributed by atoms with van der Waals surface area (Å²) in [6.07, 6.45) is 5.14. The lowest BCUT2D eigenvalue weighted by molar-refractivity contribution is 0.0910. The van der Waals surface area contributed by atoms with Crippen molar-refractivity contribution in [2.24, 2.45) is 0 Å². The van der Waals surface area contributed by atoms with Crippen LogP contribution >= 0.6 is 15.9 Å². The topological polar surface area (TPSA) is 40.5 Å². The Kier molecular flexibility index (Phi) is 6.20. The highest BCUT2D eigenvalue weighted by atomic mass is 79.9. The van der Waals surface area contributed by atoms with Gasteiger partial charge < -0.3 is 5.11 Å². The van der Waals surface area contributed by atoms with Crippen molar-refractivity contribution in [1.82, 2.24) is 4.90 Å². The van der Waals surface area contributed by atoms with Crippen molar-refractivity contribution >= 4 is 21.7 Å². The Bertz CT molecular complexity index is 450. The molecule has 110 valence electrons. The molecule has 0 aliphatic carbocycles. The molecule has 0 aromatic heterocycles. The third-order valence-corrected chi connectivity index (χ3v) is 4.48. The number of halogens is 1. The monoisotopic (exact) mass is 339 g/mol. The summed E-state index contributed by atoms with van der Waals surface area (Å²) < 4.78 is 0.936. The molecule has 1 heterocycles. The number of aliphatic hydroxyl groups excluding tert-OH is 1. The summed E-state index contributed by atoms with van der Waals surface area (Å²) in [4.78, 5) is 14.5. The lowest BCUT2D eigenvalue weighted by Gasteiger charge is -2.28. The molecule has 1 aliphatic heterocycles. The van der Waals surface area contributed by atoms with E-state index < -0.39 is 0 Å². The average Bonchev–Trinajstić information content (AvgIpc) is 2.69. The van der Waals surface area contributed by atoms with Gasteiger partial charge in [-0.1, -0.05) is 40.9 Å². The lowest BCUT2D eigenvalue weighted by Crippen LogP contribution is -2.38. The zero-order valence-electron chi connectivity index (χ0n) is 11.7. The maximum absolute atomic E-state index is 12.2. The number of nitrogens with zero attached hydrogens (tertiary/aromatic N) is 1. The first-order chi connectivity index (χ1) is 9.70. The zero-order chi connectivity index (χ0) is 14.4. The molecular weight excluding hydrogens is 318 g/mol. The fraction of sp³-hybridized carbons (Fsp3) is 0.562. The number of Topliss-reactive ketones (excluding diaryl/α,β-unsaturated/α-hetero) is 1. The van der Waals surface area contributed by atoms with E-state index in [9.17, 15) is 9.90 Å². The quantitative estimate of drug-likeness (QED) is 0.837. The number of likely N-dealkylation sites (tertiary alicyclic amines) is 1. The molecule has 3 nitrogen and oxygen atoms in total. The largest absolute Gasteiger partial charge is 0.395 e. The molecule has 20 heavy (non-hydrogen) atoms. The maximum atomic E-state index is 12.2. The molecule has 1 aromatic rings. The first kappa shape index (κ1) is 15.7. The number of hydrogen-bond donors (Lipinski definition) is 1. The second-order valence-corrected chi connectivity index (χ2v) is 6.32. The van der Waals surface area contributed by atoms with Crippen LogP contribution in [0.2, 0.25) is 0 Å². The standard InChI is InChI=1S/C16H22BrNO2/c17-14-6-4-5-13(11-14)16(20)8-10-18-9-3-1-2-7-15(18)12-19/h4-6,11,15,19H,1-3,7-10,12H2. The van der Waals surface area contributed by atoms with Crippen LogP contribution in [0.5, 0.6) is 0 Å². The molecule has 4 heteroatoms. The molecule has 1 N–H and O–H groups in total. The normalized spacial score (nSPS) is 20.6. The van der Waals surface area contributed by atoms with Crippen LogP contribution in [0.3, 0.4) is 0 Å². The number of hydrogen-bond acceptors (Lipinski definition) is 3. The summed E-state index contributed by atoms with van der Waals surface area (Å²) in [5.74, 6) is 0.173. The van der Waals surface area contributed by atoms with E-state index in [0.717, 1.165) is 29.5 Å². The molecule has 0 radical (unpaired) electrons. The van der Waals surface area contributed by atoms with E-state index in [4.69, 9.17) is 0 Å². The molecule has 1 atom stereocenters. The molecule has 1 fully saturated rings. The minimum absolute atomic E-state index is 0.173. The van der Waals surface area contributed by atoms with Crippen LogP contribution in [-0.4, -0.2) is 41.5 Å². The van der Waals surface area contributed by atoms with E-state index >= 15 is 0 Å². The van der Waals surface area contributed by atoms with Gasteiger partial charge in [0.15, 0.2) is 5.78 Å². The summed E-state index contributed by atoms with van der Waals surface area (Å²) in [6, 6.07) is 7.77. The van der Waals surface area contributed by atoms with Crippen LogP contribution in [0.4, 0.5) is 0 Å². The van der Waals surface area contributed by atoms with Gasteiger partial charge in [-0.05, 0) is 31.5 Å². The van der Waals surface area contributed by atoms with Crippen molar-refractivity contribution in [3.63, 3.8) is 0 Å². The average molecular weight is 340 g/mol. The Morgan fingerprint density at radius 1 is 1.35 bits per heavy atom. The highest BCUT2D eigenvalue weighted by Gasteiger charge is 2.20. The first-order valence-corrected chi connectivity index (χ1v) is 8.13. The summed E-state index contributed by atoms with van der Waals surface area (Å²) in [5.41, 5.74) is 0.759. The minimum Gasteiger partial charge on any atom is -0.395 e. The highest BCUT2D eigenvalue weighted by molar-refractivity contribution is 9.10. The van der Waals surface area contributed by atoms with Crippen LogP contribution in [0.25, 0.3) is 0 Å². The van der Waals surface area contributed by atoms with Crippen molar-refractivity contribution in [3.8, 4) is 0 Å². The molecule has 1 aromatic carbocycles. The van der Waals surface area contributed by atoms with Crippen LogP contribution in [0.15, 0.2) is 28.7 Å². The van der Waals surface area contributed by atoms with Crippen LogP contribution in [0, 0.1) is 0 Å². The van der Waals surface area contributed by atoms with Crippen LogP contribution in [0.1, 0.15) is 42.5 Å². The minimum atomic E-state index is 0.173. The predicted molar refractivity (Wildman–Crippen MR) is 84.0 cm³/mol. The van der Waals surface area contributed by atoms with Gasteiger partial charge >= 0.3 is 0 Å². The number of carbonyl (C=O) groups is 1. The van der Waals surface area contributed by atoms with Crippen LogP contribution in [-0.2, 0) is 0 Å². The summed E-state index contributed by atoms with van der Waals surface area (Å²) >= 11 is 3.39. The Morgan fingerprint density at radius 3 is 2.95 bits per heavy atom. The molecule has 2 rings (SSSR count). The van der Waals surface area contributed by atoms with E-state index in [2.05, 4.69) is 20.8 Å². The maximum Gasteiger partial charge on any atom is 0.164 e. The van der Waals surface area contributed by atoms with Gasteiger partial charge in [-0.25, -0.2) is 0 Å². The summed E-state index contributed by atoms with van der Waals surface area (Å²) in [5, 5.41) is 9.47. The molecule has 1 aliphatic rings. The van der Waals surface area contributed by atoms with E-state index in [1.807, 2.05) is 24.3 Å². The van der Waals surface area contributed by atoms with Crippen molar-refractivity contribution < 1.29 is 9.90 Å². The van der Waals surface area contributed by atoms with E-state index in [1.54, 1.807) is 0 Å². The van der Waals surface area contributed by atoms with Gasteiger partial charge in [0, 0.05) is 29.0 Å². The smallest absolute Gasteiger partial charge is 0.164 e. The molecule has 0 amide bonds. The SMILES string of the molecule is O=C(CCN1CCCCCC1CO)c1cccc(Br)c1. The van der Waals surface area contributed by atoms with Crippen molar-refractivity contribution in [1.29, 1.82) is 0 Å². The molecule has 0 saturated carbocycles. The second kappa shape index (κ2) is 7.91. The Balaban J connectivity index is 1.91. The Labute approximate surface area is 129 Å². The van der Waals surface area contributed by atoms with Gasteiger partial charge in [0.2, 0.25) is 0 Å². The summed E-state index contributed by atoms with van der Waals surface area (Å²) in [7, 11) is 0. The third kappa shape index (κ3) is 4.40. The number of ketones is 1. The van der Waals surface area contributed by atoms with E-state index in [1.165, 1.54) is 19.3 Å². The van der Waals surface area contributed by atoms with Gasteiger partial charge in [0.1, 0.15) is 0 Å². The number of benzene rings is 1. The Morgan fingerprint density at radius 2 is 2.20 bits per heavy atom. The first-order valence-electron chi connectivity index (χ1n) is 7.34. The fourth-order valence-corrected chi connectivity index (χ4v) is 3.19. The zero-order valence-corrected chi connectivity index (χ0v) is 13.3. The fourth-order valence-electron chi connectivity index (χ4n) is 2.79. The highest BCUT2D eigenvalue weighted by Crippen LogP contribution is 2.18. The number of carbonyl (C=O) groups excluding carboxylic acids is 1. The van der Waals surface area contributed by atoms with Gasteiger partial charge in [0.05, 0.1) is 6.61 Å². The number of aliphatic hydroxyl groups is 1. The molecule has 0 bridgehead atoms. The predicted octanol–water partition coefficient (Wildman–Crippen LogP) is 3.26. The van der Waals surface area contributed by atoms with Gasteiger partial charge in [0.25, 0.3) is 0 Å². The van der Waals surface area contributed by atoms with Crippen molar-refractivity contribution in [2.75, 3.05) is 19.7 Å².